The van der Waals surface area contributed by atoms with Crippen LogP contribution in [0.1, 0.15) is 48.1 Å². The van der Waals surface area contributed by atoms with Gasteiger partial charge in [-0.25, -0.2) is 0 Å². The lowest BCUT2D eigenvalue weighted by Crippen LogP contribution is -2.39. The Hall–Kier alpha value is -4.91. The number of hydrogen-bond donors (Lipinski definition) is 2. The highest BCUT2D eigenvalue weighted by molar-refractivity contribution is 8.01. The van der Waals surface area contributed by atoms with Crippen LogP contribution in [-0.4, -0.2) is 87.0 Å². The maximum absolute atomic E-state index is 12.0. The third-order valence-electron chi connectivity index (χ3n) is 8.83. The molecular weight excluding hydrogens is 701 g/mol. The minimum atomic E-state index is -1.01. The third kappa shape index (κ3) is 10.4. The van der Waals surface area contributed by atoms with Gasteiger partial charge in [0.15, 0.2) is 5.54 Å². The predicted molar refractivity (Wildman–Crippen MR) is 212 cm³/mol. The molecule has 0 radical (unpaired) electrons. The average molecular weight is 749 g/mol. The zero-order chi connectivity index (χ0) is 38.0. The van der Waals surface area contributed by atoms with E-state index < -0.39 is 28.1 Å². The van der Waals surface area contributed by atoms with Crippen molar-refractivity contribution >= 4 is 17.7 Å². The van der Waals surface area contributed by atoms with Crippen molar-refractivity contribution < 1.29 is 29.2 Å². The molecular formula is C43H48N4O6S. The predicted octanol–water partition coefficient (Wildman–Crippen LogP) is 7.36. The summed E-state index contributed by atoms with van der Waals surface area (Å²) in [7, 11) is 1.64. The highest BCUT2D eigenvalue weighted by atomic mass is 32.2. The first-order chi connectivity index (χ1) is 26.5. The fourth-order valence-electron chi connectivity index (χ4n) is 6.12. The van der Waals surface area contributed by atoms with Crippen LogP contribution in [0.25, 0.3) is 11.4 Å². The number of aliphatic hydroxyl groups is 1. The fourth-order valence-corrected chi connectivity index (χ4v) is 7.29. The monoisotopic (exact) mass is 748 g/mol. The van der Waals surface area contributed by atoms with Crippen LogP contribution in [0.5, 0.6) is 0 Å². The third-order valence-corrected chi connectivity index (χ3v) is 10.4. The van der Waals surface area contributed by atoms with Gasteiger partial charge in [-0.05, 0) is 46.4 Å². The lowest BCUT2D eigenvalue weighted by atomic mass is 9.77. The lowest BCUT2D eigenvalue weighted by Gasteiger charge is -2.34. The fraction of sp³-hybridized carbons (Fsp3) is 0.302. The van der Waals surface area contributed by atoms with Crippen LogP contribution >= 0.6 is 11.8 Å². The van der Waals surface area contributed by atoms with E-state index in [4.69, 9.17) is 19.3 Å². The maximum atomic E-state index is 12.0. The van der Waals surface area contributed by atoms with Crippen LogP contribution in [0.3, 0.4) is 0 Å². The number of thioether (sulfide) groups is 1. The summed E-state index contributed by atoms with van der Waals surface area (Å²) in [5.41, 5.74) is 3.26. The van der Waals surface area contributed by atoms with Crippen LogP contribution in [0.2, 0.25) is 0 Å². The number of aliphatic hydroxyl groups excluding tert-OH is 1. The summed E-state index contributed by atoms with van der Waals surface area (Å²) in [5.74, 6) is -0.528. The molecule has 1 heterocycles. The Morgan fingerprint density at radius 1 is 0.815 bits per heavy atom. The van der Waals surface area contributed by atoms with Crippen LogP contribution < -0.4 is 0 Å². The van der Waals surface area contributed by atoms with Crippen molar-refractivity contribution in [2.45, 2.75) is 41.9 Å². The lowest BCUT2D eigenvalue weighted by molar-refractivity contribution is -0.136. The first-order valence-corrected chi connectivity index (χ1v) is 19.0. The van der Waals surface area contributed by atoms with Gasteiger partial charge >= 0.3 is 5.97 Å². The zero-order valence-electron chi connectivity index (χ0n) is 30.7. The van der Waals surface area contributed by atoms with E-state index in [1.165, 1.54) is 11.8 Å². The molecule has 0 saturated heterocycles. The normalized spacial score (nSPS) is 13.7. The number of aliphatic carboxylic acids is 1. The minimum Gasteiger partial charge on any atom is -0.480 e. The van der Waals surface area contributed by atoms with Gasteiger partial charge in [-0.1, -0.05) is 140 Å². The number of benzene rings is 4. The number of carbonyl (C=O) groups is 1. The van der Waals surface area contributed by atoms with Crippen molar-refractivity contribution in [2.75, 3.05) is 40.1 Å². The molecule has 0 aliphatic carbocycles. The molecule has 5 rings (SSSR count). The van der Waals surface area contributed by atoms with E-state index in [-0.39, 0.29) is 0 Å². The van der Waals surface area contributed by atoms with Crippen molar-refractivity contribution in [3.8, 4) is 11.4 Å². The molecule has 282 valence electrons. The molecule has 54 heavy (non-hydrogen) atoms. The van der Waals surface area contributed by atoms with E-state index in [0.29, 0.717) is 62.8 Å². The Morgan fingerprint density at radius 3 is 1.98 bits per heavy atom. The van der Waals surface area contributed by atoms with Gasteiger partial charge in [0.25, 0.3) is 0 Å². The van der Waals surface area contributed by atoms with E-state index >= 15 is 0 Å². The summed E-state index contributed by atoms with van der Waals surface area (Å²) in [5, 5.41) is 34.6. The molecule has 0 spiro atoms. The van der Waals surface area contributed by atoms with Crippen molar-refractivity contribution in [1.29, 1.82) is 0 Å². The molecule has 4 aromatic carbocycles. The van der Waals surface area contributed by atoms with Crippen molar-refractivity contribution in [1.82, 2.24) is 20.2 Å². The van der Waals surface area contributed by atoms with E-state index in [1.54, 1.807) is 11.9 Å². The molecule has 0 aliphatic rings. The largest absolute Gasteiger partial charge is 0.480 e. The second-order valence-electron chi connectivity index (χ2n) is 12.4. The Labute approximate surface area is 321 Å². The molecule has 11 heteroatoms. The first-order valence-electron chi connectivity index (χ1n) is 18.1. The average Bonchev–Trinajstić information content (AvgIpc) is 3.71. The molecule has 3 atom stereocenters. The zero-order valence-corrected chi connectivity index (χ0v) is 31.5. The van der Waals surface area contributed by atoms with Gasteiger partial charge in [0.2, 0.25) is 5.82 Å². The van der Waals surface area contributed by atoms with E-state index in [9.17, 15) is 15.0 Å². The SMILES string of the molecule is CCC(S[C@H](/C=C/C=C\CCOCCOCCOC)[C@@H](O)c1cccc(-c2nnn(C(c3ccccc3)(c3ccccc3)c3ccccc3)n2)c1)C(=O)O. The number of rotatable bonds is 22. The number of aromatic nitrogens is 4. The molecule has 10 nitrogen and oxygen atoms in total. The van der Waals surface area contributed by atoms with Gasteiger partial charge in [0.1, 0.15) is 5.25 Å². The summed E-state index contributed by atoms with van der Waals surface area (Å²) in [6, 6.07) is 37.8. The summed E-state index contributed by atoms with van der Waals surface area (Å²) in [6.07, 6.45) is 7.65. The van der Waals surface area contributed by atoms with Crippen molar-refractivity contribution in [2.24, 2.45) is 0 Å². The second-order valence-corrected chi connectivity index (χ2v) is 13.8. The number of allylic oxidation sites excluding steroid dienone is 2. The Balaban J connectivity index is 1.39. The summed E-state index contributed by atoms with van der Waals surface area (Å²) >= 11 is 1.22. The second kappa shape index (κ2) is 21.1. The number of hydrogen-bond acceptors (Lipinski definition) is 9. The van der Waals surface area contributed by atoms with Gasteiger partial charge in [-0.2, -0.15) is 0 Å². The number of methoxy groups -OCH3 is 1. The highest BCUT2D eigenvalue weighted by Crippen LogP contribution is 2.40. The van der Waals surface area contributed by atoms with Gasteiger partial charge in [-0.15, -0.1) is 26.8 Å². The van der Waals surface area contributed by atoms with Gasteiger partial charge < -0.3 is 24.4 Å². The van der Waals surface area contributed by atoms with Crippen LogP contribution in [0.4, 0.5) is 0 Å². The van der Waals surface area contributed by atoms with E-state index in [0.717, 1.165) is 16.7 Å². The molecule has 0 fully saturated rings. The molecule has 1 aromatic heterocycles. The molecule has 0 bridgehead atoms. The molecule has 1 unspecified atom stereocenters. The number of ether oxygens (including phenoxy) is 3. The maximum Gasteiger partial charge on any atom is 0.316 e. The Morgan fingerprint density at radius 2 is 1.41 bits per heavy atom. The van der Waals surface area contributed by atoms with E-state index in [1.807, 2.05) is 110 Å². The highest BCUT2D eigenvalue weighted by Gasteiger charge is 2.41. The molecule has 0 saturated carbocycles. The molecule has 0 amide bonds. The molecule has 5 aromatic rings. The standard InChI is InChI=1S/C43H48N4O6S/c1-3-38(42(49)50)54-39(26-15-4-5-16-27-52-30-31-53-29-28-51-2)40(48)33-18-17-19-34(32-33)41-44-46-47(45-41)43(35-20-9-6-10-21-35,36-22-11-7-12-23-36)37-24-13-8-14-25-37/h4-15,17-26,32,38-40,48H,3,16,27-31H2,1-2H3,(H,49,50)/b5-4-,26-15+/t38?,39-,40+/m1/s1. The molecule has 2 N–H and O–H groups in total. The van der Waals surface area contributed by atoms with Crippen LogP contribution in [0.15, 0.2) is 140 Å². The van der Waals surface area contributed by atoms with Gasteiger partial charge in [-0.3, -0.25) is 4.79 Å². The number of carboxylic acids is 1. The smallest absolute Gasteiger partial charge is 0.316 e. The molecule has 0 aliphatic heterocycles. The number of carboxylic acid groups (broad SMARTS) is 1. The van der Waals surface area contributed by atoms with E-state index in [2.05, 4.69) is 46.7 Å². The Bertz CT molecular complexity index is 1810. The summed E-state index contributed by atoms with van der Waals surface area (Å²) < 4.78 is 16.0. The Kier molecular flexibility index (Phi) is 15.7. The minimum absolute atomic E-state index is 0.389. The van der Waals surface area contributed by atoms with Crippen molar-refractivity contribution in [3.63, 3.8) is 0 Å². The number of nitrogens with zero attached hydrogens (tertiary/aromatic N) is 4. The quantitative estimate of drug-likeness (QED) is 0.0421. The van der Waals surface area contributed by atoms with Gasteiger partial charge in [0.05, 0.1) is 44.4 Å². The number of tetrazole rings is 1. The van der Waals surface area contributed by atoms with Crippen molar-refractivity contribution in [3.05, 3.63) is 162 Å². The summed E-state index contributed by atoms with van der Waals surface area (Å²) in [4.78, 5) is 13.7. The van der Waals surface area contributed by atoms with Crippen LogP contribution in [0, 0.1) is 0 Å². The van der Waals surface area contributed by atoms with Crippen LogP contribution in [-0.2, 0) is 24.5 Å². The summed E-state index contributed by atoms with van der Waals surface area (Å²) in [6.45, 7) is 4.49. The first kappa shape index (κ1) is 40.3. The van der Waals surface area contributed by atoms with Gasteiger partial charge in [0, 0.05) is 12.7 Å². The topological polar surface area (TPSA) is 129 Å².